The van der Waals surface area contributed by atoms with Crippen molar-refractivity contribution in [1.29, 1.82) is 0 Å². The first-order valence-corrected chi connectivity index (χ1v) is 7.31. The van der Waals surface area contributed by atoms with Crippen molar-refractivity contribution in [2.75, 3.05) is 6.61 Å². The first-order chi connectivity index (χ1) is 10.1. The van der Waals surface area contributed by atoms with Crippen LogP contribution in [0.4, 0.5) is 0 Å². The topological polar surface area (TPSA) is 38.7 Å². The zero-order valence-corrected chi connectivity index (χ0v) is 12.9. The van der Waals surface area contributed by atoms with Crippen molar-refractivity contribution in [3.63, 3.8) is 0 Å². The second-order valence-electron chi connectivity index (χ2n) is 4.70. The maximum absolute atomic E-state index is 10.5. The summed E-state index contributed by atoms with van der Waals surface area (Å²) in [6, 6.07) is 14.5. The van der Waals surface area contributed by atoms with Gasteiger partial charge in [-0.1, -0.05) is 35.9 Å². The van der Waals surface area contributed by atoms with E-state index >= 15 is 0 Å². The molecule has 0 fully saturated rings. The van der Waals surface area contributed by atoms with E-state index in [1.807, 2.05) is 50.2 Å². The number of aliphatic hydroxyl groups is 1. The predicted octanol–water partition coefficient (Wildman–Crippen LogP) is 4.24. The van der Waals surface area contributed by atoms with E-state index in [0.717, 1.165) is 0 Å². The van der Waals surface area contributed by atoms with Gasteiger partial charge in [0.25, 0.3) is 0 Å². The lowest BCUT2D eigenvalue weighted by atomic mass is 10.0. The van der Waals surface area contributed by atoms with Gasteiger partial charge in [0.1, 0.15) is 23.7 Å². The molecule has 0 aliphatic rings. The summed E-state index contributed by atoms with van der Waals surface area (Å²) in [4.78, 5) is 0. The summed E-state index contributed by atoms with van der Waals surface area (Å²) >= 11 is 5.93. The van der Waals surface area contributed by atoms with E-state index in [-0.39, 0.29) is 0 Å². The average molecular weight is 307 g/mol. The molecule has 0 saturated heterocycles. The number of hydrogen-bond acceptors (Lipinski definition) is 3. The van der Waals surface area contributed by atoms with Gasteiger partial charge in [0.2, 0.25) is 0 Å². The number of para-hydroxylation sites is 1. The molecule has 2 atom stereocenters. The quantitative estimate of drug-likeness (QED) is 0.867. The molecule has 4 heteroatoms. The Hall–Kier alpha value is -1.71. The summed E-state index contributed by atoms with van der Waals surface area (Å²) in [6.45, 7) is 4.27. The van der Waals surface area contributed by atoms with Crippen LogP contribution in [0, 0.1) is 0 Å². The van der Waals surface area contributed by atoms with Gasteiger partial charge >= 0.3 is 0 Å². The summed E-state index contributed by atoms with van der Waals surface area (Å²) in [6.07, 6.45) is -1.21. The van der Waals surface area contributed by atoms with Crippen molar-refractivity contribution in [2.45, 2.75) is 26.1 Å². The third-order valence-electron chi connectivity index (χ3n) is 3.10. The molecule has 0 radical (unpaired) electrons. The molecule has 2 aromatic rings. The van der Waals surface area contributed by atoms with Crippen LogP contribution >= 0.6 is 11.6 Å². The van der Waals surface area contributed by atoms with E-state index in [9.17, 15) is 5.11 Å². The lowest BCUT2D eigenvalue weighted by molar-refractivity contribution is 0.0447. The largest absolute Gasteiger partial charge is 0.493 e. The molecule has 0 aromatic heterocycles. The van der Waals surface area contributed by atoms with Crippen LogP contribution in [-0.4, -0.2) is 17.8 Å². The Bertz CT molecular complexity index is 586. The molecular formula is C17H19ClO3. The summed E-state index contributed by atoms with van der Waals surface area (Å²) in [7, 11) is 0. The molecule has 2 aromatic carbocycles. The third kappa shape index (κ3) is 4.13. The third-order valence-corrected chi connectivity index (χ3v) is 3.34. The zero-order valence-electron chi connectivity index (χ0n) is 12.1. The normalized spacial score (nSPS) is 13.5. The van der Waals surface area contributed by atoms with Crippen LogP contribution in [0.25, 0.3) is 0 Å². The van der Waals surface area contributed by atoms with Gasteiger partial charge < -0.3 is 14.6 Å². The molecule has 2 unspecified atom stereocenters. The van der Waals surface area contributed by atoms with Gasteiger partial charge in [-0.2, -0.15) is 0 Å². The Morgan fingerprint density at radius 2 is 1.90 bits per heavy atom. The molecule has 3 nitrogen and oxygen atoms in total. The number of ether oxygens (including phenoxy) is 2. The van der Waals surface area contributed by atoms with Gasteiger partial charge in [-0.05, 0) is 38.1 Å². The van der Waals surface area contributed by atoms with Gasteiger partial charge in [-0.3, -0.25) is 0 Å². The SMILES string of the molecule is CCOc1ccccc1C(O)C(C)Oc1cccc(Cl)c1. The predicted molar refractivity (Wildman–Crippen MR) is 84.1 cm³/mol. The maximum atomic E-state index is 10.5. The van der Waals surface area contributed by atoms with E-state index < -0.39 is 12.2 Å². The van der Waals surface area contributed by atoms with E-state index in [1.54, 1.807) is 12.1 Å². The van der Waals surface area contributed by atoms with Gasteiger partial charge in [-0.15, -0.1) is 0 Å². The monoisotopic (exact) mass is 306 g/mol. The van der Waals surface area contributed by atoms with Crippen LogP contribution in [-0.2, 0) is 0 Å². The minimum Gasteiger partial charge on any atom is -0.493 e. The summed E-state index contributed by atoms with van der Waals surface area (Å²) in [5, 5.41) is 11.1. The highest BCUT2D eigenvalue weighted by Crippen LogP contribution is 2.29. The van der Waals surface area contributed by atoms with Crippen LogP contribution in [0.15, 0.2) is 48.5 Å². The minimum absolute atomic E-state index is 0.426. The number of benzene rings is 2. The summed E-state index contributed by atoms with van der Waals surface area (Å²) in [5.74, 6) is 1.30. The average Bonchev–Trinajstić information content (AvgIpc) is 2.47. The van der Waals surface area contributed by atoms with Crippen LogP contribution in [0.5, 0.6) is 11.5 Å². The van der Waals surface area contributed by atoms with E-state index in [4.69, 9.17) is 21.1 Å². The maximum Gasteiger partial charge on any atom is 0.126 e. The summed E-state index contributed by atoms with van der Waals surface area (Å²) < 4.78 is 11.3. The number of rotatable bonds is 6. The molecule has 1 N–H and O–H groups in total. The highest BCUT2D eigenvalue weighted by Gasteiger charge is 2.21. The zero-order chi connectivity index (χ0) is 15.2. The van der Waals surface area contributed by atoms with Crippen molar-refractivity contribution in [3.8, 4) is 11.5 Å². The van der Waals surface area contributed by atoms with Crippen molar-refractivity contribution in [3.05, 3.63) is 59.1 Å². The van der Waals surface area contributed by atoms with E-state index in [0.29, 0.717) is 28.7 Å². The molecule has 0 aliphatic carbocycles. The number of hydrogen-bond donors (Lipinski definition) is 1. The van der Waals surface area contributed by atoms with Crippen molar-refractivity contribution < 1.29 is 14.6 Å². The minimum atomic E-state index is -0.785. The Morgan fingerprint density at radius 1 is 1.14 bits per heavy atom. The molecule has 0 bridgehead atoms. The highest BCUT2D eigenvalue weighted by molar-refractivity contribution is 6.30. The van der Waals surface area contributed by atoms with Crippen molar-refractivity contribution in [1.82, 2.24) is 0 Å². The molecular weight excluding hydrogens is 288 g/mol. The first-order valence-electron chi connectivity index (χ1n) is 6.93. The fourth-order valence-corrected chi connectivity index (χ4v) is 2.26. The van der Waals surface area contributed by atoms with Gasteiger partial charge in [0.05, 0.1) is 6.61 Å². The molecule has 0 aliphatic heterocycles. The highest BCUT2D eigenvalue weighted by atomic mass is 35.5. The standard InChI is InChI=1S/C17H19ClO3/c1-3-20-16-10-5-4-9-15(16)17(19)12(2)21-14-8-6-7-13(18)11-14/h4-12,17,19H,3H2,1-2H3. The second-order valence-corrected chi connectivity index (χ2v) is 5.13. The number of aliphatic hydroxyl groups excluding tert-OH is 1. The smallest absolute Gasteiger partial charge is 0.126 e. The van der Waals surface area contributed by atoms with Crippen LogP contribution in [0.2, 0.25) is 5.02 Å². The molecule has 2 rings (SSSR count). The fraction of sp³-hybridized carbons (Fsp3) is 0.294. The first kappa shape index (κ1) is 15.7. The Balaban J connectivity index is 2.13. The fourth-order valence-electron chi connectivity index (χ4n) is 2.08. The van der Waals surface area contributed by atoms with Crippen LogP contribution < -0.4 is 9.47 Å². The Labute approximate surface area is 130 Å². The van der Waals surface area contributed by atoms with Crippen molar-refractivity contribution >= 4 is 11.6 Å². The van der Waals surface area contributed by atoms with Gasteiger partial charge in [-0.25, -0.2) is 0 Å². The molecule has 0 saturated carbocycles. The van der Waals surface area contributed by atoms with Crippen LogP contribution in [0.1, 0.15) is 25.5 Å². The number of halogens is 1. The molecule has 21 heavy (non-hydrogen) atoms. The van der Waals surface area contributed by atoms with Gasteiger partial charge in [0.15, 0.2) is 0 Å². The molecule has 0 amide bonds. The molecule has 0 spiro atoms. The Kier molecular flexibility index (Phi) is 5.48. The molecule has 112 valence electrons. The van der Waals surface area contributed by atoms with Crippen molar-refractivity contribution in [2.24, 2.45) is 0 Å². The second kappa shape index (κ2) is 7.34. The van der Waals surface area contributed by atoms with Crippen LogP contribution in [0.3, 0.4) is 0 Å². The Morgan fingerprint density at radius 3 is 2.62 bits per heavy atom. The lowest BCUT2D eigenvalue weighted by Gasteiger charge is -2.22. The summed E-state index contributed by atoms with van der Waals surface area (Å²) in [5.41, 5.74) is 0.717. The van der Waals surface area contributed by atoms with Gasteiger partial charge in [0, 0.05) is 10.6 Å². The lowest BCUT2D eigenvalue weighted by Crippen LogP contribution is -2.22. The molecule has 0 heterocycles. The van der Waals surface area contributed by atoms with E-state index in [2.05, 4.69) is 0 Å². The van der Waals surface area contributed by atoms with E-state index in [1.165, 1.54) is 0 Å².